The average molecular weight is 731 g/mol. The Balaban J connectivity index is 0.881. The summed E-state index contributed by atoms with van der Waals surface area (Å²) in [4.78, 5) is 9.16. The molecule has 0 fully saturated rings. The van der Waals surface area contributed by atoms with Gasteiger partial charge in [-0.05, 0) is 147 Å². The van der Waals surface area contributed by atoms with Gasteiger partial charge in [-0.25, -0.2) is 0 Å². The fourth-order valence-corrected chi connectivity index (χ4v) is 8.33. The summed E-state index contributed by atoms with van der Waals surface area (Å²) in [7, 11) is 0. The van der Waals surface area contributed by atoms with E-state index in [1.807, 2.05) is 48.8 Å². The van der Waals surface area contributed by atoms with Crippen LogP contribution in [0.4, 0.5) is 0 Å². The normalized spacial score (nSPS) is 11.9. The van der Waals surface area contributed by atoms with Crippen LogP contribution in [0.15, 0.2) is 196 Å². The zero-order valence-corrected chi connectivity index (χ0v) is 30.4. The quantitative estimate of drug-likeness (QED) is 0.176. The Hall–Kier alpha value is -7.76. The molecule has 7 aromatic carbocycles. The van der Waals surface area contributed by atoms with Crippen molar-refractivity contribution in [2.75, 3.05) is 0 Å². The van der Waals surface area contributed by atoms with E-state index in [1.54, 1.807) is 0 Å². The Kier molecular flexibility index (Phi) is 6.86. The van der Waals surface area contributed by atoms with E-state index >= 15 is 0 Å². The van der Waals surface area contributed by atoms with Crippen molar-refractivity contribution in [3.05, 3.63) is 182 Å². The summed E-state index contributed by atoms with van der Waals surface area (Å²) in [6.07, 6.45) is 3.62. The van der Waals surface area contributed by atoms with Gasteiger partial charge in [-0.2, -0.15) is 0 Å². The van der Waals surface area contributed by atoms with E-state index < -0.39 is 0 Å². The molecular weight excluding hydrogens is 701 g/mol. The van der Waals surface area contributed by atoms with Gasteiger partial charge in [0, 0.05) is 33.9 Å². The van der Waals surface area contributed by atoms with Crippen LogP contribution < -0.4 is 0 Å². The highest BCUT2D eigenvalue weighted by Crippen LogP contribution is 2.38. The van der Waals surface area contributed by atoms with Gasteiger partial charge >= 0.3 is 0 Å². The minimum atomic E-state index is 0.799. The number of nitrogens with zero attached hydrogens (tertiary/aromatic N) is 2. The summed E-state index contributed by atoms with van der Waals surface area (Å²) in [6.45, 7) is 0. The molecule has 12 rings (SSSR count). The Bertz CT molecular complexity index is 3550. The molecule has 0 N–H and O–H groups in total. The first kappa shape index (κ1) is 31.6. The maximum absolute atomic E-state index is 6.36. The minimum absolute atomic E-state index is 0.799. The zero-order valence-electron chi connectivity index (χ0n) is 30.4. The van der Waals surface area contributed by atoms with Crippen LogP contribution in [0.5, 0.6) is 0 Å². The van der Waals surface area contributed by atoms with Crippen LogP contribution >= 0.6 is 0 Å². The lowest BCUT2D eigenvalue weighted by Gasteiger charge is -2.09. The van der Waals surface area contributed by atoms with Gasteiger partial charge in [0.25, 0.3) is 0 Å². The number of aromatic nitrogens is 2. The van der Waals surface area contributed by atoms with Crippen LogP contribution in [-0.2, 0) is 0 Å². The number of fused-ring (bicyclic) bond motifs is 9. The van der Waals surface area contributed by atoms with Crippen LogP contribution in [0.3, 0.4) is 0 Å². The molecule has 57 heavy (non-hydrogen) atoms. The molecule has 0 amide bonds. The summed E-state index contributed by atoms with van der Waals surface area (Å²) < 4.78 is 18.4. The van der Waals surface area contributed by atoms with E-state index in [-0.39, 0.29) is 0 Å². The zero-order chi connectivity index (χ0) is 37.5. The van der Waals surface area contributed by atoms with Gasteiger partial charge in [-0.3, -0.25) is 9.97 Å². The first-order valence-electron chi connectivity index (χ1n) is 19.0. The fourth-order valence-electron chi connectivity index (χ4n) is 8.33. The number of benzene rings is 7. The SMILES string of the molecule is c1cc(-c2cccc(-c3ccc4oc5cccnc5c4c3)c2)cc(-c2ccc3oc4ccc(-c5cccc(-c6ccc7oc8cccnc8c7c6)c5)cc4c3c2)c1. The fraction of sp³-hybridized carbons (Fsp3) is 0. The van der Waals surface area contributed by atoms with E-state index in [0.29, 0.717) is 0 Å². The molecule has 5 nitrogen and oxygen atoms in total. The molecule has 0 aliphatic rings. The van der Waals surface area contributed by atoms with Crippen molar-refractivity contribution in [2.24, 2.45) is 0 Å². The smallest absolute Gasteiger partial charge is 0.153 e. The second-order valence-corrected chi connectivity index (χ2v) is 14.6. The third-order valence-corrected chi connectivity index (χ3v) is 11.2. The van der Waals surface area contributed by atoms with Gasteiger partial charge in [0.1, 0.15) is 33.4 Å². The van der Waals surface area contributed by atoms with Crippen molar-refractivity contribution in [2.45, 2.75) is 0 Å². The summed E-state index contributed by atoms with van der Waals surface area (Å²) >= 11 is 0. The Labute approximate surface area is 326 Å². The molecule has 0 bridgehead atoms. The number of hydrogen-bond acceptors (Lipinski definition) is 5. The predicted octanol–water partition coefficient (Wildman–Crippen LogP) is 14.5. The maximum Gasteiger partial charge on any atom is 0.153 e. The summed E-state index contributed by atoms with van der Waals surface area (Å²) in [5.74, 6) is 0. The molecule has 0 radical (unpaired) electrons. The molecule has 12 aromatic rings. The Morgan fingerprint density at radius 1 is 0.246 bits per heavy atom. The van der Waals surface area contributed by atoms with Crippen molar-refractivity contribution in [3.8, 4) is 55.6 Å². The van der Waals surface area contributed by atoms with Crippen LogP contribution in [0, 0.1) is 0 Å². The van der Waals surface area contributed by atoms with E-state index in [0.717, 1.165) is 122 Å². The Morgan fingerprint density at radius 2 is 0.544 bits per heavy atom. The molecule has 266 valence electrons. The summed E-state index contributed by atoms with van der Waals surface area (Å²) in [5.41, 5.74) is 18.2. The number of hydrogen-bond donors (Lipinski definition) is 0. The molecule has 0 atom stereocenters. The lowest BCUT2D eigenvalue weighted by Crippen LogP contribution is -1.84. The molecule has 0 spiro atoms. The van der Waals surface area contributed by atoms with Gasteiger partial charge in [-0.15, -0.1) is 0 Å². The van der Waals surface area contributed by atoms with E-state index in [9.17, 15) is 0 Å². The van der Waals surface area contributed by atoms with Crippen molar-refractivity contribution in [3.63, 3.8) is 0 Å². The second-order valence-electron chi connectivity index (χ2n) is 14.6. The number of rotatable bonds is 5. The van der Waals surface area contributed by atoms with Gasteiger partial charge in [0.05, 0.1) is 0 Å². The minimum Gasteiger partial charge on any atom is -0.456 e. The summed E-state index contributed by atoms with van der Waals surface area (Å²) in [5, 5.41) is 4.22. The molecule has 0 aliphatic heterocycles. The van der Waals surface area contributed by atoms with Gasteiger partial charge in [0.15, 0.2) is 11.2 Å². The highest BCUT2D eigenvalue weighted by molar-refractivity contribution is 6.08. The van der Waals surface area contributed by atoms with Crippen LogP contribution in [0.1, 0.15) is 0 Å². The predicted molar refractivity (Wildman–Crippen MR) is 231 cm³/mol. The Morgan fingerprint density at radius 3 is 0.912 bits per heavy atom. The van der Waals surface area contributed by atoms with Gasteiger partial charge in [0.2, 0.25) is 0 Å². The maximum atomic E-state index is 6.36. The third kappa shape index (κ3) is 5.24. The van der Waals surface area contributed by atoms with Crippen LogP contribution in [0.2, 0.25) is 0 Å². The van der Waals surface area contributed by atoms with E-state index in [1.165, 1.54) is 0 Å². The van der Waals surface area contributed by atoms with Crippen LogP contribution in [-0.4, -0.2) is 9.97 Å². The first-order chi connectivity index (χ1) is 28.2. The highest BCUT2D eigenvalue weighted by Gasteiger charge is 2.14. The highest BCUT2D eigenvalue weighted by atomic mass is 16.3. The molecule has 0 saturated heterocycles. The topological polar surface area (TPSA) is 65.2 Å². The van der Waals surface area contributed by atoms with Crippen LogP contribution in [0.25, 0.3) is 122 Å². The number of furan rings is 3. The lowest BCUT2D eigenvalue weighted by atomic mass is 9.95. The monoisotopic (exact) mass is 730 g/mol. The largest absolute Gasteiger partial charge is 0.456 e. The van der Waals surface area contributed by atoms with Crippen molar-refractivity contribution >= 4 is 66.1 Å². The number of pyridine rings is 2. The van der Waals surface area contributed by atoms with E-state index in [4.69, 9.17) is 13.3 Å². The third-order valence-electron chi connectivity index (χ3n) is 11.2. The lowest BCUT2D eigenvalue weighted by molar-refractivity contribution is 0.668. The molecule has 5 heterocycles. The average Bonchev–Trinajstić information content (AvgIpc) is 3.96. The molecule has 5 heteroatoms. The molecule has 0 unspecified atom stereocenters. The van der Waals surface area contributed by atoms with E-state index in [2.05, 4.69) is 143 Å². The van der Waals surface area contributed by atoms with Crippen molar-refractivity contribution in [1.82, 2.24) is 9.97 Å². The standard InChI is InChI=1S/C52H30N2O3/c1-6-31(32-7-2-10-35(25-32)39-16-20-47-43(29-39)51-49(56-47)12-4-22-53-51)24-33(8-1)37-14-18-45-41(27-37)42-28-38(15-19-46(42)55-45)34-9-3-11-36(26-34)40-17-21-48-44(30-40)52-50(57-48)13-5-23-54-52/h1-30H. The molecular formula is C52H30N2O3. The van der Waals surface area contributed by atoms with Gasteiger partial charge < -0.3 is 13.3 Å². The molecule has 0 aliphatic carbocycles. The van der Waals surface area contributed by atoms with Gasteiger partial charge in [-0.1, -0.05) is 78.9 Å². The molecule has 0 saturated carbocycles. The molecule has 5 aromatic heterocycles. The first-order valence-corrected chi connectivity index (χ1v) is 19.0. The van der Waals surface area contributed by atoms with Crippen molar-refractivity contribution < 1.29 is 13.3 Å². The summed E-state index contributed by atoms with van der Waals surface area (Å²) in [6, 6.07) is 59.6. The second kappa shape index (κ2) is 12.4. The van der Waals surface area contributed by atoms with Crippen molar-refractivity contribution in [1.29, 1.82) is 0 Å².